The number of amides is 1. The number of carbonyl (C=O) groups is 1. The lowest BCUT2D eigenvalue weighted by molar-refractivity contribution is -0.0789. The summed E-state index contributed by atoms with van der Waals surface area (Å²) in [6.07, 6.45) is -3.34. The molecular formula is C13H14ClF2NO3. The maximum atomic E-state index is 14.1. The molecule has 1 aromatic carbocycles. The highest BCUT2D eigenvalue weighted by Gasteiger charge is 2.43. The molecule has 1 heterocycles. The molecule has 2 unspecified atom stereocenters. The van der Waals surface area contributed by atoms with Crippen molar-refractivity contribution in [1.29, 1.82) is 0 Å². The smallest absolute Gasteiger partial charge is 0.407 e. The summed E-state index contributed by atoms with van der Waals surface area (Å²) in [6, 6.07) is 3.86. The van der Waals surface area contributed by atoms with Crippen LogP contribution in [0.2, 0.25) is 5.02 Å². The Morgan fingerprint density at radius 1 is 1.55 bits per heavy atom. The number of benzene rings is 1. The predicted molar refractivity (Wildman–Crippen MR) is 69.2 cm³/mol. The molecule has 1 aliphatic rings. The lowest BCUT2D eigenvalue weighted by atomic mass is 9.84. The van der Waals surface area contributed by atoms with Crippen LogP contribution in [0.25, 0.3) is 0 Å². The van der Waals surface area contributed by atoms with E-state index in [0.29, 0.717) is 5.02 Å². The molecule has 110 valence electrons. The highest BCUT2D eigenvalue weighted by Crippen LogP contribution is 2.30. The summed E-state index contributed by atoms with van der Waals surface area (Å²) in [5.41, 5.74) is -1.66. The summed E-state index contributed by atoms with van der Waals surface area (Å²) in [6.45, 7) is -0.414. The number of carboxylic acid groups (broad SMARTS) is 1. The summed E-state index contributed by atoms with van der Waals surface area (Å²) in [5.74, 6) is -0.573. The fraction of sp³-hybridized carbons (Fsp3) is 0.462. The molecule has 2 atom stereocenters. The van der Waals surface area contributed by atoms with Crippen molar-refractivity contribution in [1.82, 2.24) is 4.90 Å². The fourth-order valence-corrected chi connectivity index (χ4v) is 2.52. The Balaban J connectivity index is 2.16. The summed E-state index contributed by atoms with van der Waals surface area (Å²) in [4.78, 5) is 11.7. The van der Waals surface area contributed by atoms with Crippen LogP contribution in [-0.2, 0) is 6.42 Å². The second-order valence-electron chi connectivity index (χ2n) is 4.96. The lowest BCUT2D eigenvalue weighted by Crippen LogP contribution is -2.55. The third-order valence-corrected chi connectivity index (χ3v) is 3.79. The van der Waals surface area contributed by atoms with Crippen molar-refractivity contribution in [3.63, 3.8) is 0 Å². The van der Waals surface area contributed by atoms with Gasteiger partial charge in [0, 0.05) is 18.0 Å². The van der Waals surface area contributed by atoms with E-state index < -0.39 is 30.2 Å². The van der Waals surface area contributed by atoms with E-state index in [1.54, 1.807) is 0 Å². The van der Waals surface area contributed by atoms with Gasteiger partial charge in [-0.2, -0.15) is 0 Å². The molecule has 0 spiro atoms. The van der Waals surface area contributed by atoms with Crippen LogP contribution < -0.4 is 0 Å². The summed E-state index contributed by atoms with van der Waals surface area (Å²) in [7, 11) is 0. The third-order valence-electron chi connectivity index (χ3n) is 3.55. The number of piperidine rings is 1. The standard InChI is InChI=1S/C13H14ClF2NO3/c14-9-1-2-10(15)8(5-9)6-13(20)3-4-17(12(18)19)7-11(13)16/h1-2,5,11,20H,3-4,6-7H2,(H,18,19). The van der Waals surface area contributed by atoms with Gasteiger partial charge in [0.2, 0.25) is 0 Å². The number of likely N-dealkylation sites (tertiary alicyclic amines) is 1. The van der Waals surface area contributed by atoms with Crippen LogP contribution in [0.1, 0.15) is 12.0 Å². The van der Waals surface area contributed by atoms with Gasteiger partial charge in [0.05, 0.1) is 6.54 Å². The van der Waals surface area contributed by atoms with Crippen molar-refractivity contribution in [2.24, 2.45) is 0 Å². The summed E-state index contributed by atoms with van der Waals surface area (Å²) >= 11 is 5.75. The minimum absolute atomic E-state index is 0.00837. The third kappa shape index (κ3) is 3.02. The molecule has 1 aromatic rings. The highest BCUT2D eigenvalue weighted by molar-refractivity contribution is 6.30. The number of aliphatic hydroxyl groups is 1. The van der Waals surface area contributed by atoms with Crippen LogP contribution in [0.15, 0.2) is 18.2 Å². The van der Waals surface area contributed by atoms with Gasteiger partial charge in [0.25, 0.3) is 0 Å². The van der Waals surface area contributed by atoms with Gasteiger partial charge in [0.15, 0.2) is 0 Å². The van der Waals surface area contributed by atoms with Crippen LogP contribution in [0, 0.1) is 5.82 Å². The number of nitrogens with zero attached hydrogens (tertiary/aromatic N) is 1. The Kier molecular flexibility index (Phi) is 4.15. The number of halogens is 3. The van der Waals surface area contributed by atoms with E-state index in [1.165, 1.54) is 12.1 Å². The van der Waals surface area contributed by atoms with Gasteiger partial charge in [-0.05, 0) is 30.2 Å². The Labute approximate surface area is 119 Å². The van der Waals surface area contributed by atoms with Crippen molar-refractivity contribution in [2.45, 2.75) is 24.6 Å². The van der Waals surface area contributed by atoms with Crippen molar-refractivity contribution in [3.8, 4) is 0 Å². The number of hydrogen-bond donors (Lipinski definition) is 2. The Hall–Kier alpha value is -1.40. The van der Waals surface area contributed by atoms with E-state index in [9.17, 15) is 18.7 Å². The second-order valence-corrected chi connectivity index (χ2v) is 5.40. The first-order valence-corrected chi connectivity index (χ1v) is 6.48. The lowest BCUT2D eigenvalue weighted by Gasteiger charge is -2.39. The van der Waals surface area contributed by atoms with Gasteiger partial charge >= 0.3 is 6.09 Å². The molecule has 0 radical (unpaired) electrons. The largest absolute Gasteiger partial charge is 0.465 e. The highest BCUT2D eigenvalue weighted by atomic mass is 35.5. The van der Waals surface area contributed by atoms with Gasteiger partial charge in [-0.15, -0.1) is 0 Å². The molecule has 0 bridgehead atoms. The quantitative estimate of drug-likeness (QED) is 0.882. The molecule has 2 N–H and O–H groups in total. The number of hydrogen-bond acceptors (Lipinski definition) is 2. The molecule has 4 nitrogen and oxygen atoms in total. The first-order chi connectivity index (χ1) is 9.32. The topological polar surface area (TPSA) is 60.8 Å². The van der Waals surface area contributed by atoms with Crippen LogP contribution in [0.3, 0.4) is 0 Å². The first-order valence-electron chi connectivity index (χ1n) is 6.10. The average molecular weight is 306 g/mol. The molecule has 0 aromatic heterocycles. The molecule has 1 fully saturated rings. The van der Waals surface area contributed by atoms with E-state index in [2.05, 4.69) is 0 Å². The van der Waals surface area contributed by atoms with Gasteiger partial charge in [-0.1, -0.05) is 11.6 Å². The van der Waals surface area contributed by atoms with Crippen LogP contribution in [-0.4, -0.2) is 46.1 Å². The Morgan fingerprint density at radius 3 is 2.85 bits per heavy atom. The van der Waals surface area contributed by atoms with Crippen molar-refractivity contribution >= 4 is 17.7 Å². The molecule has 0 saturated carbocycles. The number of alkyl halides is 1. The molecule has 1 aliphatic heterocycles. The predicted octanol–water partition coefficient (Wildman–Crippen LogP) is 2.47. The zero-order valence-electron chi connectivity index (χ0n) is 10.5. The Bertz CT molecular complexity index is 528. The Morgan fingerprint density at radius 2 is 2.25 bits per heavy atom. The van der Waals surface area contributed by atoms with Crippen molar-refractivity contribution in [3.05, 3.63) is 34.6 Å². The van der Waals surface area contributed by atoms with Crippen molar-refractivity contribution < 1.29 is 23.8 Å². The monoisotopic (exact) mass is 305 g/mol. The normalized spacial score (nSPS) is 26.6. The van der Waals surface area contributed by atoms with Crippen LogP contribution in [0.5, 0.6) is 0 Å². The van der Waals surface area contributed by atoms with E-state index in [1.807, 2.05) is 0 Å². The molecule has 7 heteroatoms. The van der Waals surface area contributed by atoms with Crippen molar-refractivity contribution in [2.75, 3.05) is 13.1 Å². The summed E-state index contributed by atoms with van der Waals surface area (Å²) in [5, 5.41) is 19.4. The molecule has 1 amide bonds. The SMILES string of the molecule is O=C(O)N1CCC(O)(Cc2cc(Cl)ccc2F)C(F)C1. The summed E-state index contributed by atoms with van der Waals surface area (Å²) < 4.78 is 27.7. The fourth-order valence-electron chi connectivity index (χ4n) is 2.32. The van der Waals surface area contributed by atoms with E-state index in [0.717, 1.165) is 11.0 Å². The maximum Gasteiger partial charge on any atom is 0.407 e. The molecular weight excluding hydrogens is 292 g/mol. The van der Waals surface area contributed by atoms with Gasteiger partial charge in [-0.25, -0.2) is 13.6 Å². The van der Waals surface area contributed by atoms with Gasteiger partial charge in [-0.3, -0.25) is 0 Å². The molecule has 2 rings (SSSR count). The van der Waals surface area contributed by atoms with E-state index in [4.69, 9.17) is 16.7 Å². The molecule has 1 saturated heterocycles. The zero-order valence-corrected chi connectivity index (χ0v) is 11.3. The number of rotatable bonds is 2. The van der Waals surface area contributed by atoms with E-state index >= 15 is 0 Å². The van der Waals surface area contributed by atoms with Crippen LogP contribution >= 0.6 is 11.6 Å². The average Bonchev–Trinajstić information content (AvgIpc) is 2.37. The van der Waals surface area contributed by atoms with E-state index in [-0.39, 0.29) is 24.9 Å². The second kappa shape index (κ2) is 5.54. The first kappa shape index (κ1) is 15.0. The maximum absolute atomic E-state index is 14.1. The molecule has 20 heavy (non-hydrogen) atoms. The zero-order chi connectivity index (χ0) is 14.9. The van der Waals surface area contributed by atoms with Crippen LogP contribution in [0.4, 0.5) is 13.6 Å². The van der Waals surface area contributed by atoms with Gasteiger partial charge in [0.1, 0.15) is 17.6 Å². The minimum Gasteiger partial charge on any atom is -0.465 e. The minimum atomic E-state index is -1.78. The molecule has 0 aliphatic carbocycles. The van der Waals surface area contributed by atoms with Gasteiger partial charge < -0.3 is 15.1 Å².